The molecule has 3 heterocycles. The number of carbonyl (C=O) groups excluding carboxylic acids is 1. The first-order valence-corrected chi connectivity index (χ1v) is 12.2. The van der Waals surface area contributed by atoms with Gasteiger partial charge in [-0.15, -0.1) is 0 Å². The topological polar surface area (TPSA) is 55.6 Å². The van der Waals surface area contributed by atoms with Crippen LogP contribution in [0, 0.1) is 12.7 Å². The van der Waals surface area contributed by atoms with E-state index < -0.39 is 5.82 Å². The highest BCUT2D eigenvalue weighted by atomic mass is 35.5. The summed E-state index contributed by atoms with van der Waals surface area (Å²) in [5.41, 5.74) is 4.94. The second-order valence-corrected chi connectivity index (χ2v) is 9.80. The zero-order valence-electron chi connectivity index (χ0n) is 19.5. The highest BCUT2D eigenvalue weighted by Gasteiger charge is 2.27. The number of benzene rings is 2. The Balaban J connectivity index is 1.60. The Bertz CT molecular complexity index is 1440. The minimum atomic E-state index is -0.505. The average Bonchev–Trinajstić information content (AvgIpc) is 3.13. The number of halogens is 3. The van der Waals surface area contributed by atoms with E-state index in [9.17, 15) is 9.18 Å². The maximum Gasteiger partial charge on any atom is 0.253 e. The van der Waals surface area contributed by atoms with E-state index in [-0.39, 0.29) is 27.9 Å². The predicted octanol–water partition coefficient (Wildman–Crippen LogP) is 7.13. The molecule has 0 unspecified atom stereocenters. The molecule has 1 aliphatic rings. The lowest BCUT2D eigenvalue weighted by atomic mass is 9.98. The molecule has 8 heteroatoms. The number of hydrogen-bond acceptors (Lipinski definition) is 3. The molecule has 0 bridgehead atoms. The fourth-order valence-corrected chi connectivity index (χ4v) is 5.46. The van der Waals surface area contributed by atoms with Crippen LogP contribution in [0.15, 0.2) is 48.5 Å². The molecule has 0 spiro atoms. The Kier molecular flexibility index (Phi) is 6.20. The number of ether oxygens (including phenoxy) is 1. The van der Waals surface area contributed by atoms with Crippen molar-refractivity contribution >= 4 is 34.6 Å². The minimum absolute atomic E-state index is 0.00672. The molecule has 1 aliphatic heterocycles. The SMILES string of the molecule is Cc1nn2c(C(C)C)c(C(=O)N[C@H]3CCOc4ccccc43)ccc2c1-c1c(Cl)cc(F)cc1Cl. The van der Waals surface area contributed by atoms with E-state index in [0.29, 0.717) is 35.4 Å². The molecule has 0 fully saturated rings. The monoisotopic (exact) mass is 511 g/mol. The number of fused-ring (bicyclic) bond motifs is 2. The summed E-state index contributed by atoms with van der Waals surface area (Å²) in [4.78, 5) is 13.5. The first-order valence-electron chi connectivity index (χ1n) is 11.5. The third-order valence-corrected chi connectivity index (χ3v) is 6.92. The van der Waals surface area contributed by atoms with Crippen molar-refractivity contribution in [2.75, 3.05) is 6.61 Å². The van der Waals surface area contributed by atoms with Crippen LogP contribution >= 0.6 is 23.2 Å². The molecule has 4 aromatic rings. The van der Waals surface area contributed by atoms with Crippen molar-refractivity contribution in [1.29, 1.82) is 0 Å². The molecular formula is C27H24Cl2FN3O2. The zero-order chi connectivity index (χ0) is 24.9. The van der Waals surface area contributed by atoms with Gasteiger partial charge in [0.25, 0.3) is 5.91 Å². The van der Waals surface area contributed by atoms with Crippen molar-refractivity contribution < 1.29 is 13.9 Å². The van der Waals surface area contributed by atoms with Gasteiger partial charge in [-0.05, 0) is 43.2 Å². The minimum Gasteiger partial charge on any atom is -0.493 e. The normalized spacial score (nSPS) is 15.2. The van der Waals surface area contributed by atoms with E-state index in [1.807, 2.05) is 51.1 Å². The number of aromatic nitrogens is 2. The zero-order valence-corrected chi connectivity index (χ0v) is 21.0. The van der Waals surface area contributed by atoms with Gasteiger partial charge in [0.05, 0.1) is 45.2 Å². The first kappa shape index (κ1) is 23.6. The van der Waals surface area contributed by atoms with Crippen LogP contribution < -0.4 is 10.1 Å². The van der Waals surface area contributed by atoms with Crippen LogP contribution in [0.25, 0.3) is 16.6 Å². The third kappa shape index (κ3) is 4.15. The Morgan fingerprint density at radius 2 is 1.86 bits per heavy atom. The first-order chi connectivity index (χ1) is 16.8. The summed E-state index contributed by atoms with van der Waals surface area (Å²) in [6.07, 6.45) is 0.689. The molecule has 5 nitrogen and oxygen atoms in total. The van der Waals surface area contributed by atoms with Crippen LogP contribution in [0.1, 0.15) is 59.5 Å². The molecule has 35 heavy (non-hydrogen) atoms. The van der Waals surface area contributed by atoms with Gasteiger partial charge in [0.2, 0.25) is 0 Å². The van der Waals surface area contributed by atoms with Crippen LogP contribution in [-0.2, 0) is 0 Å². The fraction of sp³-hybridized carbons (Fsp3) is 0.259. The summed E-state index contributed by atoms with van der Waals surface area (Å²) in [6.45, 7) is 6.42. The lowest BCUT2D eigenvalue weighted by Gasteiger charge is -2.27. The summed E-state index contributed by atoms with van der Waals surface area (Å²) in [5, 5.41) is 8.35. The summed E-state index contributed by atoms with van der Waals surface area (Å²) < 4.78 is 21.3. The summed E-state index contributed by atoms with van der Waals surface area (Å²) >= 11 is 12.8. The molecule has 2 aromatic carbocycles. The molecule has 0 aliphatic carbocycles. The predicted molar refractivity (Wildman–Crippen MR) is 136 cm³/mol. The Labute approximate surface area is 212 Å². The number of pyridine rings is 1. The highest BCUT2D eigenvalue weighted by Crippen LogP contribution is 2.40. The average molecular weight is 512 g/mol. The number of nitrogens with one attached hydrogen (secondary N) is 1. The number of rotatable bonds is 4. The van der Waals surface area contributed by atoms with Gasteiger partial charge in [-0.2, -0.15) is 5.10 Å². The lowest BCUT2D eigenvalue weighted by Crippen LogP contribution is -2.33. The van der Waals surface area contributed by atoms with Crippen molar-refractivity contribution in [3.63, 3.8) is 0 Å². The van der Waals surface area contributed by atoms with Crippen LogP contribution in [0.5, 0.6) is 5.75 Å². The number of nitrogens with zero attached hydrogens (tertiary/aromatic N) is 2. The standard InChI is InChI=1S/C27H24Cl2FN3O2/c1-14(2)26-18(27(34)31-21-10-11-35-23-7-5-4-6-17(21)23)8-9-22-24(15(3)32-33(22)26)25-19(28)12-16(30)13-20(25)29/h4-9,12-14,21H,10-11H2,1-3H3,(H,31,34)/t21-/m0/s1. The van der Waals surface area contributed by atoms with Gasteiger partial charge in [-0.25, -0.2) is 8.91 Å². The van der Waals surface area contributed by atoms with Crippen LogP contribution in [0.4, 0.5) is 4.39 Å². The van der Waals surface area contributed by atoms with Crippen LogP contribution in [0.3, 0.4) is 0 Å². The molecule has 0 saturated heterocycles. The summed E-state index contributed by atoms with van der Waals surface area (Å²) in [6, 6.07) is 13.7. The van der Waals surface area contributed by atoms with Crippen molar-refractivity contribution in [3.05, 3.63) is 86.9 Å². The van der Waals surface area contributed by atoms with Gasteiger partial charge < -0.3 is 10.1 Å². The van der Waals surface area contributed by atoms with E-state index in [4.69, 9.17) is 33.0 Å². The molecule has 0 saturated carbocycles. The van der Waals surface area contributed by atoms with Crippen molar-refractivity contribution in [2.45, 2.75) is 39.2 Å². The fourth-order valence-electron chi connectivity index (χ4n) is 4.81. The number of carbonyl (C=O) groups is 1. The Hall–Kier alpha value is -3.09. The molecule has 0 radical (unpaired) electrons. The van der Waals surface area contributed by atoms with E-state index >= 15 is 0 Å². The number of aryl methyl sites for hydroxylation is 1. The van der Waals surface area contributed by atoms with Crippen LogP contribution in [-0.4, -0.2) is 22.1 Å². The summed E-state index contributed by atoms with van der Waals surface area (Å²) in [7, 11) is 0. The van der Waals surface area contributed by atoms with Gasteiger partial charge in [0.1, 0.15) is 11.6 Å². The van der Waals surface area contributed by atoms with Crippen molar-refractivity contribution in [1.82, 2.24) is 14.9 Å². The smallest absolute Gasteiger partial charge is 0.253 e. The highest BCUT2D eigenvalue weighted by molar-refractivity contribution is 6.39. The Morgan fingerprint density at radius 3 is 2.57 bits per heavy atom. The quantitative estimate of drug-likeness (QED) is 0.317. The molecular weight excluding hydrogens is 488 g/mol. The molecule has 180 valence electrons. The van der Waals surface area contributed by atoms with Gasteiger partial charge in [-0.1, -0.05) is 55.2 Å². The second-order valence-electron chi connectivity index (χ2n) is 8.99. The van der Waals surface area contributed by atoms with E-state index in [0.717, 1.165) is 22.5 Å². The van der Waals surface area contributed by atoms with Gasteiger partial charge in [-0.3, -0.25) is 4.79 Å². The Morgan fingerprint density at radius 1 is 1.14 bits per heavy atom. The second kappa shape index (κ2) is 9.17. The number of amides is 1. The maximum atomic E-state index is 13.8. The van der Waals surface area contributed by atoms with E-state index in [2.05, 4.69) is 5.32 Å². The molecule has 1 N–H and O–H groups in total. The summed E-state index contributed by atoms with van der Waals surface area (Å²) in [5.74, 6) is 0.107. The van der Waals surface area contributed by atoms with Gasteiger partial charge in [0.15, 0.2) is 0 Å². The largest absolute Gasteiger partial charge is 0.493 e. The lowest BCUT2D eigenvalue weighted by molar-refractivity contribution is 0.0922. The number of para-hydroxylation sites is 1. The van der Waals surface area contributed by atoms with Crippen molar-refractivity contribution in [2.24, 2.45) is 0 Å². The van der Waals surface area contributed by atoms with Crippen LogP contribution in [0.2, 0.25) is 10.0 Å². The number of hydrogen-bond donors (Lipinski definition) is 1. The van der Waals surface area contributed by atoms with E-state index in [1.165, 1.54) is 12.1 Å². The maximum absolute atomic E-state index is 13.8. The van der Waals surface area contributed by atoms with Crippen molar-refractivity contribution in [3.8, 4) is 16.9 Å². The van der Waals surface area contributed by atoms with Gasteiger partial charge >= 0.3 is 0 Å². The third-order valence-electron chi connectivity index (χ3n) is 6.32. The molecule has 1 amide bonds. The molecule has 1 atom stereocenters. The molecule has 2 aromatic heterocycles. The van der Waals surface area contributed by atoms with E-state index in [1.54, 1.807) is 10.6 Å². The van der Waals surface area contributed by atoms with Gasteiger partial charge in [0, 0.05) is 23.1 Å². The molecule has 5 rings (SSSR count).